The molecule has 104 valence electrons. The SMILES string of the molecule is COc1ccccc1-c1ccccc1CC(N)C(=O)O. The van der Waals surface area contributed by atoms with Gasteiger partial charge in [-0.3, -0.25) is 4.79 Å². The van der Waals surface area contributed by atoms with Gasteiger partial charge in [-0.15, -0.1) is 0 Å². The maximum atomic E-state index is 10.9. The summed E-state index contributed by atoms with van der Waals surface area (Å²) in [4.78, 5) is 10.9. The number of carboxylic acid groups (broad SMARTS) is 1. The van der Waals surface area contributed by atoms with Crippen LogP contribution in [-0.2, 0) is 11.2 Å². The van der Waals surface area contributed by atoms with Crippen LogP contribution in [0.25, 0.3) is 11.1 Å². The van der Waals surface area contributed by atoms with Crippen LogP contribution in [0.4, 0.5) is 0 Å². The number of para-hydroxylation sites is 1. The Morgan fingerprint density at radius 2 is 1.75 bits per heavy atom. The molecule has 3 N–H and O–H groups in total. The maximum Gasteiger partial charge on any atom is 0.320 e. The second kappa shape index (κ2) is 6.21. The summed E-state index contributed by atoms with van der Waals surface area (Å²) in [6, 6.07) is 14.4. The molecule has 0 aliphatic rings. The molecule has 0 amide bonds. The third-order valence-electron chi connectivity index (χ3n) is 3.17. The van der Waals surface area contributed by atoms with E-state index in [4.69, 9.17) is 15.6 Å². The number of ether oxygens (including phenoxy) is 1. The minimum absolute atomic E-state index is 0.281. The van der Waals surface area contributed by atoms with Crippen LogP contribution in [-0.4, -0.2) is 24.2 Å². The zero-order valence-corrected chi connectivity index (χ0v) is 11.2. The van der Waals surface area contributed by atoms with E-state index >= 15 is 0 Å². The van der Waals surface area contributed by atoms with Crippen molar-refractivity contribution in [2.45, 2.75) is 12.5 Å². The Morgan fingerprint density at radius 1 is 1.15 bits per heavy atom. The van der Waals surface area contributed by atoms with E-state index in [0.717, 1.165) is 22.4 Å². The van der Waals surface area contributed by atoms with Gasteiger partial charge in [0.05, 0.1) is 7.11 Å². The first-order valence-electron chi connectivity index (χ1n) is 6.33. The average Bonchev–Trinajstić information content (AvgIpc) is 2.47. The highest BCUT2D eigenvalue weighted by atomic mass is 16.5. The molecule has 4 heteroatoms. The molecular formula is C16H17NO3. The van der Waals surface area contributed by atoms with Crippen LogP contribution in [0.15, 0.2) is 48.5 Å². The summed E-state index contributed by atoms with van der Waals surface area (Å²) >= 11 is 0. The normalized spacial score (nSPS) is 11.9. The second-order valence-corrected chi connectivity index (χ2v) is 4.51. The zero-order chi connectivity index (χ0) is 14.5. The van der Waals surface area contributed by atoms with E-state index in [2.05, 4.69) is 0 Å². The molecule has 1 atom stereocenters. The molecule has 0 aliphatic carbocycles. The van der Waals surface area contributed by atoms with Crippen molar-refractivity contribution in [3.63, 3.8) is 0 Å². The molecule has 0 saturated carbocycles. The number of nitrogens with two attached hydrogens (primary N) is 1. The Morgan fingerprint density at radius 3 is 2.40 bits per heavy atom. The molecule has 20 heavy (non-hydrogen) atoms. The smallest absolute Gasteiger partial charge is 0.320 e. The summed E-state index contributed by atoms with van der Waals surface area (Å²) in [5.74, 6) is -0.247. The highest BCUT2D eigenvalue weighted by Crippen LogP contribution is 2.32. The van der Waals surface area contributed by atoms with E-state index in [1.807, 2.05) is 48.5 Å². The van der Waals surface area contributed by atoms with Crippen LogP contribution >= 0.6 is 0 Å². The number of methoxy groups -OCH3 is 1. The lowest BCUT2D eigenvalue weighted by Crippen LogP contribution is -2.32. The number of carbonyl (C=O) groups is 1. The van der Waals surface area contributed by atoms with Crippen LogP contribution in [0.3, 0.4) is 0 Å². The zero-order valence-electron chi connectivity index (χ0n) is 11.2. The van der Waals surface area contributed by atoms with Crippen molar-refractivity contribution in [2.24, 2.45) is 5.73 Å². The predicted octanol–water partition coefficient (Wildman–Crippen LogP) is 2.32. The van der Waals surface area contributed by atoms with Crippen molar-refractivity contribution in [1.82, 2.24) is 0 Å². The van der Waals surface area contributed by atoms with Crippen molar-refractivity contribution in [3.05, 3.63) is 54.1 Å². The first kappa shape index (κ1) is 14.1. The molecule has 0 fully saturated rings. The molecule has 4 nitrogen and oxygen atoms in total. The molecule has 1 unspecified atom stereocenters. The van der Waals surface area contributed by atoms with E-state index < -0.39 is 12.0 Å². The van der Waals surface area contributed by atoms with Gasteiger partial charge in [0.2, 0.25) is 0 Å². The van der Waals surface area contributed by atoms with E-state index in [1.54, 1.807) is 7.11 Å². The fourth-order valence-corrected chi connectivity index (χ4v) is 2.15. The molecule has 0 aromatic heterocycles. The van der Waals surface area contributed by atoms with Gasteiger partial charge in [0.15, 0.2) is 0 Å². The minimum Gasteiger partial charge on any atom is -0.496 e. The minimum atomic E-state index is -1.00. The van der Waals surface area contributed by atoms with Gasteiger partial charge < -0.3 is 15.6 Å². The molecule has 0 saturated heterocycles. The number of benzene rings is 2. The number of carboxylic acids is 1. The van der Waals surface area contributed by atoms with Crippen molar-refractivity contribution >= 4 is 5.97 Å². The van der Waals surface area contributed by atoms with Gasteiger partial charge in [0, 0.05) is 5.56 Å². The second-order valence-electron chi connectivity index (χ2n) is 4.51. The Bertz CT molecular complexity index is 610. The predicted molar refractivity (Wildman–Crippen MR) is 77.7 cm³/mol. The summed E-state index contributed by atoms with van der Waals surface area (Å²) in [7, 11) is 1.62. The fraction of sp³-hybridized carbons (Fsp3) is 0.188. The molecule has 0 bridgehead atoms. The number of rotatable bonds is 5. The lowest BCUT2D eigenvalue weighted by Gasteiger charge is -2.14. The number of aliphatic carboxylic acids is 1. The summed E-state index contributed by atoms with van der Waals surface area (Å²) in [6.07, 6.45) is 0.281. The molecular weight excluding hydrogens is 254 g/mol. The molecule has 0 spiro atoms. The quantitative estimate of drug-likeness (QED) is 0.875. The lowest BCUT2D eigenvalue weighted by molar-refractivity contribution is -0.138. The van der Waals surface area contributed by atoms with E-state index in [9.17, 15) is 4.79 Å². The summed E-state index contributed by atoms with van der Waals surface area (Å²) in [6.45, 7) is 0. The molecule has 2 rings (SSSR count). The first-order valence-corrected chi connectivity index (χ1v) is 6.33. The first-order chi connectivity index (χ1) is 9.63. The van der Waals surface area contributed by atoms with E-state index in [1.165, 1.54) is 0 Å². The number of hydrogen-bond donors (Lipinski definition) is 2. The van der Waals surface area contributed by atoms with Gasteiger partial charge in [-0.05, 0) is 23.6 Å². The number of hydrogen-bond acceptors (Lipinski definition) is 3. The fourth-order valence-electron chi connectivity index (χ4n) is 2.15. The van der Waals surface area contributed by atoms with Gasteiger partial charge in [0.25, 0.3) is 0 Å². The van der Waals surface area contributed by atoms with Gasteiger partial charge in [-0.1, -0.05) is 42.5 Å². The van der Waals surface area contributed by atoms with Crippen LogP contribution in [0.5, 0.6) is 5.75 Å². The van der Waals surface area contributed by atoms with Crippen LogP contribution in [0.1, 0.15) is 5.56 Å². The molecule has 2 aromatic carbocycles. The summed E-state index contributed by atoms with van der Waals surface area (Å²) in [5, 5.41) is 8.96. The third kappa shape index (κ3) is 2.97. The van der Waals surface area contributed by atoms with Crippen molar-refractivity contribution in [3.8, 4) is 16.9 Å². The van der Waals surface area contributed by atoms with Gasteiger partial charge >= 0.3 is 5.97 Å². The lowest BCUT2D eigenvalue weighted by atomic mass is 9.95. The van der Waals surface area contributed by atoms with Crippen LogP contribution in [0, 0.1) is 0 Å². The van der Waals surface area contributed by atoms with Gasteiger partial charge in [-0.25, -0.2) is 0 Å². The van der Waals surface area contributed by atoms with Crippen molar-refractivity contribution in [1.29, 1.82) is 0 Å². The summed E-state index contributed by atoms with van der Waals surface area (Å²) in [5.41, 5.74) is 8.41. The van der Waals surface area contributed by atoms with E-state index in [0.29, 0.717) is 0 Å². The van der Waals surface area contributed by atoms with Gasteiger partial charge in [0.1, 0.15) is 11.8 Å². The third-order valence-corrected chi connectivity index (χ3v) is 3.17. The highest BCUT2D eigenvalue weighted by Gasteiger charge is 2.16. The maximum absolute atomic E-state index is 10.9. The molecule has 2 aromatic rings. The van der Waals surface area contributed by atoms with Crippen LogP contribution < -0.4 is 10.5 Å². The Kier molecular flexibility index (Phi) is 4.38. The Labute approximate surface area is 117 Å². The van der Waals surface area contributed by atoms with Crippen LogP contribution in [0.2, 0.25) is 0 Å². The average molecular weight is 271 g/mol. The highest BCUT2D eigenvalue weighted by molar-refractivity contribution is 5.77. The molecule has 0 radical (unpaired) electrons. The Balaban J connectivity index is 2.44. The standard InChI is InChI=1S/C16H17NO3/c1-20-15-9-5-4-8-13(15)12-7-3-2-6-11(12)10-14(17)16(18)19/h2-9,14H,10,17H2,1H3,(H,18,19). The van der Waals surface area contributed by atoms with Crippen molar-refractivity contribution < 1.29 is 14.6 Å². The molecule has 0 aliphatic heterocycles. The van der Waals surface area contributed by atoms with Crippen molar-refractivity contribution in [2.75, 3.05) is 7.11 Å². The Hall–Kier alpha value is -2.33. The van der Waals surface area contributed by atoms with Gasteiger partial charge in [-0.2, -0.15) is 0 Å². The molecule has 0 heterocycles. The summed E-state index contributed by atoms with van der Waals surface area (Å²) < 4.78 is 5.36. The van der Waals surface area contributed by atoms with E-state index in [-0.39, 0.29) is 6.42 Å². The monoisotopic (exact) mass is 271 g/mol. The largest absolute Gasteiger partial charge is 0.496 e. The topological polar surface area (TPSA) is 72.5 Å².